The van der Waals surface area contributed by atoms with Gasteiger partial charge in [0.05, 0.1) is 36.3 Å². The van der Waals surface area contributed by atoms with Crippen LogP contribution in [0.2, 0.25) is 0 Å². The molecule has 0 bridgehead atoms. The van der Waals surface area contributed by atoms with Gasteiger partial charge in [0.2, 0.25) is 0 Å². The topological polar surface area (TPSA) is 93.7 Å². The minimum Gasteiger partial charge on any atom is -0.485 e. The summed E-state index contributed by atoms with van der Waals surface area (Å²) in [6.07, 6.45) is 4.73. The smallest absolute Gasteiger partial charge is 0.274 e. The first-order chi connectivity index (χ1) is 15.0. The third-order valence-corrected chi connectivity index (χ3v) is 4.66. The summed E-state index contributed by atoms with van der Waals surface area (Å²) in [6.45, 7) is 1.60. The van der Waals surface area contributed by atoms with Crippen molar-refractivity contribution in [2.24, 2.45) is 0 Å². The molecule has 4 rings (SSSR count). The Bertz CT molecular complexity index is 1230. The Morgan fingerprint density at radius 1 is 1.23 bits per heavy atom. The quantitative estimate of drug-likeness (QED) is 0.473. The van der Waals surface area contributed by atoms with E-state index in [9.17, 15) is 13.6 Å². The number of aryl methyl sites for hydroxylation is 1. The number of carbonyl (C=O) groups excluding carboxylic acids is 1. The van der Waals surface area contributed by atoms with Gasteiger partial charge >= 0.3 is 0 Å². The molecule has 0 aliphatic carbocycles. The highest BCUT2D eigenvalue weighted by Crippen LogP contribution is 2.24. The molecule has 8 nitrogen and oxygen atoms in total. The van der Waals surface area contributed by atoms with Crippen molar-refractivity contribution in [2.45, 2.75) is 20.1 Å². The maximum Gasteiger partial charge on any atom is 0.274 e. The summed E-state index contributed by atoms with van der Waals surface area (Å²) >= 11 is 0. The van der Waals surface area contributed by atoms with E-state index in [1.54, 1.807) is 35.9 Å². The number of hydrogen-bond donors (Lipinski definition) is 2. The zero-order chi connectivity index (χ0) is 22.0. The van der Waals surface area contributed by atoms with E-state index in [-0.39, 0.29) is 30.2 Å². The number of nitrogens with zero attached hydrogens (tertiary/aromatic N) is 4. The highest BCUT2D eigenvalue weighted by molar-refractivity contribution is 6.04. The number of imidazole rings is 1. The molecule has 160 valence electrons. The first-order valence-electron chi connectivity index (χ1n) is 9.46. The van der Waals surface area contributed by atoms with Crippen molar-refractivity contribution in [1.82, 2.24) is 19.2 Å². The van der Waals surface area contributed by atoms with E-state index in [2.05, 4.69) is 15.4 Å². The van der Waals surface area contributed by atoms with Gasteiger partial charge in [-0.3, -0.25) is 13.9 Å². The standard InChI is InChI=1S/C21H19F2N5O3/c1-13-19(21(30)26-14-10-24-27(11-14)8-9-29)28-7-3-6-18(20(28)25-13)31-12-15-16(22)4-2-5-17(15)23/h2-7,10-11,29H,8-9,12H2,1H3,(H,26,30). The minimum absolute atomic E-state index is 0.0685. The van der Waals surface area contributed by atoms with Crippen molar-refractivity contribution in [2.75, 3.05) is 11.9 Å². The van der Waals surface area contributed by atoms with E-state index >= 15 is 0 Å². The minimum atomic E-state index is -0.701. The first-order valence-corrected chi connectivity index (χ1v) is 9.46. The summed E-state index contributed by atoms with van der Waals surface area (Å²) in [6, 6.07) is 6.87. The second-order valence-corrected chi connectivity index (χ2v) is 6.77. The number of pyridine rings is 1. The molecule has 0 saturated heterocycles. The Balaban J connectivity index is 1.59. The zero-order valence-corrected chi connectivity index (χ0v) is 16.5. The fourth-order valence-electron chi connectivity index (χ4n) is 3.21. The predicted octanol–water partition coefficient (Wildman–Crippen LogP) is 2.94. The van der Waals surface area contributed by atoms with Crippen LogP contribution in [0.3, 0.4) is 0 Å². The van der Waals surface area contributed by atoms with Gasteiger partial charge in [-0.15, -0.1) is 0 Å². The Hall–Kier alpha value is -3.79. The summed E-state index contributed by atoms with van der Waals surface area (Å²) in [5.41, 5.74) is 1.36. The summed E-state index contributed by atoms with van der Waals surface area (Å²) in [5.74, 6) is -1.53. The normalized spacial score (nSPS) is 11.1. The number of halogens is 2. The van der Waals surface area contributed by atoms with Gasteiger partial charge in [0, 0.05) is 12.4 Å². The van der Waals surface area contributed by atoms with Crippen LogP contribution in [0, 0.1) is 18.6 Å². The fraction of sp³-hybridized carbons (Fsp3) is 0.190. The molecular weight excluding hydrogens is 408 g/mol. The molecule has 0 aliphatic heterocycles. The van der Waals surface area contributed by atoms with Crippen LogP contribution in [0.4, 0.5) is 14.5 Å². The number of carbonyl (C=O) groups is 1. The molecule has 0 aliphatic rings. The molecule has 0 fully saturated rings. The van der Waals surface area contributed by atoms with Crippen LogP contribution in [-0.2, 0) is 13.2 Å². The van der Waals surface area contributed by atoms with Gasteiger partial charge in [-0.1, -0.05) is 6.07 Å². The number of rotatable bonds is 7. The highest BCUT2D eigenvalue weighted by atomic mass is 19.1. The number of aliphatic hydroxyl groups excluding tert-OH is 1. The Morgan fingerprint density at radius 2 is 2.00 bits per heavy atom. The van der Waals surface area contributed by atoms with Gasteiger partial charge in [-0.05, 0) is 31.2 Å². The molecule has 0 unspecified atom stereocenters. The van der Waals surface area contributed by atoms with E-state index in [0.29, 0.717) is 23.6 Å². The average Bonchev–Trinajstić information content (AvgIpc) is 3.31. The fourth-order valence-corrected chi connectivity index (χ4v) is 3.21. The van der Waals surface area contributed by atoms with E-state index in [1.807, 2.05) is 0 Å². The highest BCUT2D eigenvalue weighted by Gasteiger charge is 2.20. The number of aliphatic hydroxyl groups is 1. The van der Waals surface area contributed by atoms with Gasteiger partial charge in [-0.25, -0.2) is 13.8 Å². The molecule has 31 heavy (non-hydrogen) atoms. The Kier molecular flexibility index (Phi) is 5.63. The third kappa shape index (κ3) is 4.10. The van der Waals surface area contributed by atoms with Crippen LogP contribution in [0.1, 0.15) is 21.7 Å². The number of benzene rings is 1. The van der Waals surface area contributed by atoms with E-state index in [4.69, 9.17) is 9.84 Å². The van der Waals surface area contributed by atoms with E-state index in [1.165, 1.54) is 16.9 Å². The maximum atomic E-state index is 13.9. The van der Waals surface area contributed by atoms with Crippen molar-refractivity contribution in [3.8, 4) is 5.75 Å². The number of fused-ring (bicyclic) bond motifs is 1. The van der Waals surface area contributed by atoms with Crippen LogP contribution in [0.5, 0.6) is 5.75 Å². The summed E-state index contributed by atoms with van der Waals surface area (Å²) in [4.78, 5) is 17.3. The number of amides is 1. The molecule has 3 aromatic heterocycles. The predicted molar refractivity (Wildman–Crippen MR) is 108 cm³/mol. The van der Waals surface area contributed by atoms with Crippen LogP contribution >= 0.6 is 0 Å². The SMILES string of the molecule is Cc1nc2c(OCc3c(F)cccc3F)cccn2c1C(=O)Nc1cnn(CCO)c1. The second kappa shape index (κ2) is 8.52. The lowest BCUT2D eigenvalue weighted by atomic mass is 10.2. The van der Waals surface area contributed by atoms with Gasteiger partial charge in [0.25, 0.3) is 5.91 Å². The van der Waals surface area contributed by atoms with Crippen LogP contribution in [0.15, 0.2) is 48.9 Å². The second-order valence-electron chi connectivity index (χ2n) is 6.77. The molecule has 0 atom stereocenters. The molecule has 1 aromatic carbocycles. The number of nitrogens with one attached hydrogen (secondary N) is 1. The monoisotopic (exact) mass is 427 g/mol. The molecule has 0 spiro atoms. The molecule has 1 amide bonds. The van der Waals surface area contributed by atoms with Crippen molar-refractivity contribution >= 4 is 17.2 Å². The van der Waals surface area contributed by atoms with Gasteiger partial charge in [0.15, 0.2) is 11.4 Å². The summed E-state index contributed by atoms with van der Waals surface area (Å²) in [5, 5.41) is 15.8. The molecule has 3 heterocycles. The van der Waals surface area contributed by atoms with E-state index in [0.717, 1.165) is 12.1 Å². The van der Waals surface area contributed by atoms with Crippen molar-refractivity contribution in [3.05, 3.63) is 77.5 Å². The largest absolute Gasteiger partial charge is 0.485 e. The third-order valence-electron chi connectivity index (χ3n) is 4.66. The Labute approximate surface area is 175 Å². The van der Waals surface area contributed by atoms with Gasteiger partial charge in [-0.2, -0.15) is 5.10 Å². The van der Waals surface area contributed by atoms with Crippen LogP contribution in [0.25, 0.3) is 5.65 Å². The molecular formula is C21H19F2N5O3. The lowest BCUT2D eigenvalue weighted by Crippen LogP contribution is -2.15. The van der Waals surface area contributed by atoms with Gasteiger partial charge < -0.3 is 15.2 Å². The number of anilines is 1. The molecule has 4 aromatic rings. The summed E-state index contributed by atoms with van der Waals surface area (Å²) < 4.78 is 36.5. The Morgan fingerprint density at radius 3 is 2.74 bits per heavy atom. The lowest BCUT2D eigenvalue weighted by Gasteiger charge is -2.09. The number of hydrogen-bond acceptors (Lipinski definition) is 5. The maximum absolute atomic E-state index is 13.9. The molecule has 2 N–H and O–H groups in total. The first kappa shape index (κ1) is 20.5. The van der Waals surface area contributed by atoms with Crippen LogP contribution < -0.4 is 10.1 Å². The lowest BCUT2D eigenvalue weighted by molar-refractivity contribution is 0.102. The van der Waals surface area contributed by atoms with Crippen molar-refractivity contribution in [1.29, 1.82) is 0 Å². The zero-order valence-electron chi connectivity index (χ0n) is 16.5. The average molecular weight is 427 g/mol. The molecule has 0 saturated carbocycles. The van der Waals surface area contributed by atoms with E-state index < -0.39 is 17.5 Å². The summed E-state index contributed by atoms with van der Waals surface area (Å²) in [7, 11) is 0. The number of ether oxygens (including phenoxy) is 1. The molecule has 0 radical (unpaired) electrons. The van der Waals surface area contributed by atoms with Crippen LogP contribution in [-0.4, -0.2) is 36.8 Å². The molecule has 10 heteroatoms. The van der Waals surface area contributed by atoms with Gasteiger partial charge in [0.1, 0.15) is 23.9 Å². The van der Waals surface area contributed by atoms with Crippen molar-refractivity contribution in [3.63, 3.8) is 0 Å². The van der Waals surface area contributed by atoms with Crippen molar-refractivity contribution < 1.29 is 23.4 Å². The number of aromatic nitrogens is 4.